The quantitative estimate of drug-likeness (QED) is 0.107. The van der Waals surface area contributed by atoms with Crippen molar-refractivity contribution in [3.05, 3.63) is 119 Å². The number of pyridine rings is 2. The summed E-state index contributed by atoms with van der Waals surface area (Å²) in [4.78, 5) is 40.0. The average molecular weight is 998 g/mol. The number of ether oxygens (including phenoxy) is 2. The molecule has 0 aliphatic rings. The second kappa shape index (κ2) is 24.6. The Bertz CT molecular complexity index is 3340. The Morgan fingerprint density at radius 1 is 0.648 bits per heavy atom. The number of fused-ring (bicyclic) bond motifs is 6. The lowest BCUT2D eigenvalue weighted by Gasteiger charge is -2.11. The highest BCUT2D eigenvalue weighted by Gasteiger charge is 2.21. The number of aryl methyl sites for hydroxylation is 2. The van der Waals surface area contributed by atoms with Crippen molar-refractivity contribution < 1.29 is 70.5 Å². The third-order valence-electron chi connectivity index (χ3n) is 9.44. The normalized spacial score (nSPS) is 10.8. The molecule has 71 heavy (non-hydrogen) atoms. The predicted octanol–water partition coefficient (Wildman–Crippen LogP) is 6.70. The first-order valence-corrected chi connectivity index (χ1v) is 19.8. The minimum atomic E-state index is -1.04. The van der Waals surface area contributed by atoms with E-state index in [1.807, 2.05) is 48.5 Å². The van der Waals surface area contributed by atoms with Crippen LogP contribution in [0.4, 0.5) is 32.1 Å². The fourth-order valence-electron chi connectivity index (χ4n) is 6.29. The van der Waals surface area contributed by atoms with Gasteiger partial charge in [-0.3, -0.25) is 19.5 Å². The SMILES string of the molecule is Cc1nc(-c2nnc3c4ccccc4c(OCc4ccc(C(=O)N[C@H](C)CO)cn4)nn23)no1.Cc1nc(-c2nnc3c4ccccc4c(OCc4ccc(C(=O)O)cn4)nn23)no1.F.FF.FF.FF. The molecule has 8 heterocycles. The first kappa shape index (κ1) is 52.6. The van der Waals surface area contributed by atoms with Crippen molar-refractivity contribution in [3.8, 4) is 35.1 Å². The van der Waals surface area contributed by atoms with Gasteiger partial charge in [-0.15, -0.1) is 30.6 Å². The Balaban J connectivity index is 0.000000237. The van der Waals surface area contributed by atoms with Crippen LogP contribution in [-0.4, -0.2) is 105 Å². The molecule has 10 aromatic rings. The summed E-state index contributed by atoms with van der Waals surface area (Å²) in [6.45, 7) is 5.16. The number of rotatable bonds is 12. The smallest absolute Gasteiger partial charge is 0.337 e. The van der Waals surface area contributed by atoms with E-state index in [0.717, 1.165) is 21.5 Å². The van der Waals surface area contributed by atoms with E-state index < -0.39 is 5.97 Å². The molecule has 10 rings (SSSR count). The fraction of sp³-hybridized carbons (Fsp3) is 0.171. The zero-order chi connectivity index (χ0) is 50.3. The number of halogens is 7. The molecule has 0 bridgehead atoms. The van der Waals surface area contributed by atoms with Gasteiger partial charge in [0.05, 0.1) is 29.1 Å². The van der Waals surface area contributed by atoms with E-state index in [2.05, 4.69) is 66.2 Å². The number of aromatic nitrogens is 14. The minimum Gasteiger partial charge on any atom is -0.478 e. The van der Waals surface area contributed by atoms with Crippen LogP contribution in [0.2, 0.25) is 0 Å². The van der Waals surface area contributed by atoms with Crippen LogP contribution in [0.5, 0.6) is 11.8 Å². The number of aliphatic hydroxyl groups is 1. The predicted molar refractivity (Wildman–Crippen MR) is 230 cm³/mol. The summed E-state index contributed by atoms with van der Waals surface area (Å²) in [6, 6.07) is 21.1. The molecule has 23 nitrogen and oxygen atoms in total. The first-order chi connectivity index (χ1) is 34.1. The van der Waals surface area contributed by atoms with Gasteiger partial charge in [0.25, 0.3) is 5.91 Å². The number of amides is 1. The topological polar surface area (TPSA) is 295 Å². The molecule has 0 aliphatic carbocycles. The molecule has 30 heteroatoms. The summed E-state index contributed by atoms with van der Waals surface area (Å²) in [5, 5.41) is 57.6. The third kappa shape index (κ3) is 11.9. The second-order valence-electron chi connectivity index (χ2n) is 14.0. The van der Waals surface area contributed by atoms with Crippen molar-refractivity contribution in [2.75, 3.05) is 6.61 Å². The van der Waals surface area contributed by atoms with Gasteiger partial charge in [-0.25, -0.2) is 4.79 Å². The largest absolute Gasteiger partial charge is 0.478 e. The summed E-state index contributed by atoms with van der Waals surface area (Å²) < 4.78 is 73.1. The highest BCUT2D eigenvalue weighted by molar-refractivity contribution is 5.98. The number of aromatic carboxylic acids is 1. The number of carbonyl (C=O) groups is 2. The molecule has 0 unspecified atom stereocenters. The second-order valence-corrected chi connectivity index (χ2v) is 14.0. The van der Waals surface area contributed by atoms with Crippen LogP contribution in [-0.2, 0) is 13.2 Å². The maximum absolute atomic E-state index is 12.2. The molecule has 2 aromatic carbocycles. The number of hydrogen-bond acceptors (Lipinski definition) is 19. The van der Waals surface area contributed by atoms with Gasteiger partial charge >= 0.3 is 5.97 Å². The van der Waals surface area contributed by atoms with Crippen LogP contribution in [0.1, 0.15) is 50.8 Å². The molecule has 0 saturated carbocycles. The highest BCUT2D eigenvalue weighted by atomic mass is 20.0. The Morgan fingerprint density at radius 2 is 1.07 bits per heavy atom. The molecule has 370 valence electrons. The van der Waals surface area contributed by atoms with Crippen LogP contribution in [0.25, 0.3) is 56.1 Å². The summed E-state index contributed by atoms with van der Waals surface area (Å²) in [5.41, 5.74) is 2.72. The minimum absolute atomic E-state index is 0. The molecule has 1 amide bonds. The molecule has 0 spiro atoms. The zero-order valence-corrected chi connectivity index (χ0v) is 36.6. The van der Waals surface area contributed by atoms with Gasteiger partial charge in [0.15, 0.2) is 11.3 Å². The monoisotopic (exact) mass is 997 g/mol. The van der Waals surface area contributed by atoms with Gasteiger partial charge < -0.3 is 34.0 Å². The lowest BCUT2D eigenvalue weighted by molar-refractivity contribution is 0.0696. The van der Waals surface area contributed by atoms with E-state index in [1.54, 1.807) is 39.0 Å². The molecular formula is C41H34F7N15O8. The van der Waals surface area contributed by atoms with Gasteiger partial charge in [-0.2, -0.15) is 19.0 Å². The van der Waals surface area contributed by atoms with Crippen molar-refractivity contribution in [3.63, 3.8) is 0 Å². The van der Waals surface area contributed by atoms with Gasteiger partial charge in [-0.1, -0.05) is 46.7 Å². The van der Waals surface area contributed by atoms with E-state index >= 15 is 0 Å². The number of carboxylic acids is 1. The standard InChI is InChI=1S/C22H20N8O4.C19H13N7O4.3F2.FH/c1-12(10-31)24-21(32)14-7-8-15(23-9-14)11-33-22-17-6-4-3-5-16(17)19-26-27-20(30(19)28-22)18-25-13(2)34-29-18;1-10-21-15(25-30-10)17-23-22-16-13-4-2-3-5-14(13)18(24-26(16)17)29-9-12-7-6-11(8-20-12)19(27)28;3*1-2;/h3-9,12,31H,10-11H2,1-2H3,(H,24,32);2-8H,9H2,1H3,(H,27,28);;;;1H/t12-;;;;;/m1...../s1. The molecule has 0 radical (unpaired) electrons. The third-order valence-corrected chi connectivity index (χ3v) is 9.44. The first-order valence-electron chi connectivity index (χ1n) is 19.8. The lowest BCUT2D eigenvalue weighted by atomic mass is 10.2. The van der Waals surface area contributed by atoms with E-state index in [9.17, 15) is 9.59 Å². The van der Waals surface area contributed by atoms with Crippen molar-refractivity contribution in [2.45, 2.75) is 40.0 Å². The number of nitrogens with one attached hydrogen (secondary N) is 1. The van der Waals surface area contributed by atoms with Crippen molar-refractivity contribution in [2.24, 2.45) is 0 Å². The molecular weight excluding hydrogens is 964 g/mol. The molecule has 3 N–H and O–H groups in total. The van der Waals surface area contributed by atoms with E-state index in [4.69, 9.17) is 56.2 Å². The van der Waals surface area contributed by atoms with Crippen LogP contribution in [0.15, 0.2) is 94.2 Å². The number of benzene rings is 2. The van der Waals surface area contributed by atoms with Crippen LogP contribution in [0.3, 0.4) is 0 Å². The van der Waals surface area contributed by atoms with Crippen LogP contribution >= 0.6 is 0 Å². The van der Waals surface area contributed by atoms with E-state index in [-0.39, 0.29) is 53.7 Å². The maximum atomic E-state index is 12.2. The molecule has 8 aromatic heterocycles. The van der Waals surface area contributed by atoms with E-state index in [1.165, 1.54) is 27.5 Å². The number of nitrogens with zero attached hydrogens (tertiary/aromatic N) is 14. The lowest BCUT2D eigenvalue weighted by Crippen LogP contribution is -2.35. The summed E-state index contributed by atoms with van der Waals surface area (Å²) in [7, 11) is 0. The van der Waals surface area contributed by atoms with Gasteiger partial charge in [0.1, 0.15) is 13.2 Å². The molecule has 0 saturated heterocycles. The van der Waals surface area contributed by atoms with Crippen molar-refractivity contribution in [1.82, 2.24) is 75.2 Å². The zero-order valence-electron chi connectivity index (χ0n) is 36.6. The summed E-state index contributed by atoms with van der Waals surface area (Å²) >= 11 is 0. The molecule has 1 atom stereocenters. The molecule has 0 fully saturated rings. The van der Waals surface area contributed by atoms with Gasteiger partial charge in [0, 0.05) is 81.3 Å². The van der Waals surface area contributed by atoms with Crippen LogP contribution < -0.4 is 14.8 Å². The maximum Gasteiger partial charge on any atom is 0.337 e. The summed E-state index contributed by atoms with van der Waals surface area (Å²) in [5.74, 6) is 1.32. The Labute approximate surface area is 391 Å². The number of carboxylic acid groups (broad SMARTS) is 1. The summed E-state index contributed by atoms with van der Waals surface area (Å²) in [6.07, 6.45) is 2.75. The van der Waals surface area contributed by atoms with Crippen LogP contribution in [0, 0.1) is 13.8 Å². The average Bonchev–Trinajstić information content (AvgIpc) is 4.24. The van der Waals surface area contributed by atoms with E-state index in [0.29, 0.717) is 63.4 Å². The Hall–Kier alpha value is -9.35. The molecule has 0 aliphatic heterocycles. The van der Waals surface area contributed by atoms with Gasteiger partial charge in [-0.05, 0) is 43.3 Å². The Kier molecular flexibility index (Phi) is 18.2. The Morgan fingerprint density at radius 3 is 1.44 bits per heavy atom. The van der Waals surface area contributed by atoms with Gasteiger partial charge in [0.2, 0.25) is 46.8 Å². The number of carbonyl (C=O) groups excluding carboxylic acids is 1. The van der Waals surface area contributed by atoms with Crippen molar-refractivity contribution in [1.29, 1.82) is 0 Å². The fourth-order valence-corrected chi connectivity index (χ4v) is 6.29. The number of hydrogen-bond donors (Lipinski definition) is 3. The van der Waals surface area contributed by atoms with Crippen molar-refractivity contribution >= 4 is 44.7 Å². The number of aliphatic hydroxyl groups excluding tert-OH is 1. The highest BCUT2D eigenvalue weighted by Crippen LogP contribution is 2.30.